The monoisotopic (exact) mass is 289 g/mol. The molecule has 1 saturated heterocycles. The number of carbonyl (C=O) groups is 2. The van der Waals surface area contributed by atoms with E-state index in [0.717, 1.165) is 5.56 Å². The van der Waals surface area contributed by atoms with Crippen LogP contribution in [0.5, 0.6) is 0 Å². The van der Waals surface area contributed by atoms with Gasteiger partial charge in [-0.1, -0.05) is 12.1 Å². The van der Waals surface area contributed by atoms with Crippen molar-refractivity contribution in [3.63, 3.8) is 0 Å². The molecule has 0 saturated carbocycles. The number of rotatable bonds is 2. The maximum absolute atomic E-state index is 12.8. The molecule has 1 aliphatic rings. The summed E-state index contributed by atoms with van der Waals surface area (Å²) in [6.45, 7) is 6.58. The summed E-state index contributed by atoms with van der Waals surface area (Å²) in [5.41, 5.74) is 6.49. The minimum absolute atomic E-state index is 0.0260. The summed E-state index contributed by atoms with van der Waals surface area (Å²) in [6, 6.07) is 7.34. The van der Waals surface area contributed by atoms with Crippen molar-refractivity contribution in [1.82, 2.24) is 9.80 Å². The number of likely N-dealkylation sites (N-methyl/N-ethyl adjacent to an activating group) is 1. The van der Waals surface area contributed by atoms with Crippen LogP contribution in [0.3, 0.4) is 0 Å². The Kier molecular flexibility index (Phi) is 3.94. The van der Waals surface area contributed by atoms with E-state index >= 15 is 0 Å². The van der Waals surface area contributed by atoms with Gasteiger partial charge >= 0.3 is 0 Å². The SMILES string of the molecule is CC(C(=O)N1CCN(C)C(=O)C1(C)C)c1cccc(N)c1. The molecule has 1 unspecified atom stereocenters. The molecule has 1 fully saturated rings. The summed E-state index contributed by atoms with van der Waals surface area (Å²) in [6.07, 6.45) is 0. The van der Waals surface area contributed by atoms with E-state index in [1.807, 2.05) is 25.1 Å². The number of nitrogen functional groups attached to an aromatic ring is 1. The number of carbonyl (C=O) groups excluding carboxylic acids is 2. The number of hydrogen-bond acceptors (Lipinski definition) is 3. The Labute approximate surface area is 125 Å². The molecule has 21 heavy (non-hydrogen) atoms. The molecule has 2 amide bonds. The van der Waals surface area contributed by atoms with Crippen LogP contribution < -0.4 is 5.73 Å². The fourth-order valence-electron chi connectivity index (χ4n) is 2.80. The van der Waals surface area contributed by atoms with E-state index in [0.29, 0.717) is 18.8 Å². The Morgan fingerprint density at radius 1 is 1.33 bits per heavy atom. The van der Waals surface area contributed by atoms with Crippen LogP contribution in [-0.4, -0.2) is 47.3 Å². The highest BCUT2D eigenvalue weighted by atomic mass is 16.2. The Morgan fingerprint density at radius 2 is 2.00 bits per heavy atom. The van der Waals surface area contributed by atoms with E-state index < -0.39 is 5.54 Å². The van der Waals surface area contributed by atoms with Crippen LogP contribution in [0.4, 0.5) is 5.69 Å². The van der Waals surface area contributed by atoms with Crippen molar-refractivity contribution in [2.75, 3.05) is 25.9 Å². The largest absolute Gasteiger partial charge is 0.399 e. The highest BCUT2D eigenvalue weighted by Gasteiger charge is 2.44. The first kappa shape index (κ1) is 15.4. The Bertz CT molecular complexity index is 568. The van der Waals surface area contributed by atoms with Gasteiger partial charge in [0.25, 0.3) is 0 Å². The molecule has 1 aromatic carbocycles. The highest BCUT2D eigenvalue weighted by molar-refractivity contribution is 5.94. The number of benzene rings is 1. The number of piperazine rings is 1. The lowest BCUT2D eigenvalue weighted by Crippen LogP contribution is -2.64. The molecule has 1 aromatic rings. The zero-order valence-electron chi connectivity index (χ0n) is 13.1. The van der Waals surface area contributed by atoms with Gasteiger partial charge in [-0.25, -0.2) is 0 Å². The van der Waals surface area contributed by atoms with E-state index in [4.69, 9.17) is 5.73 Å². The second kappa shape index (κ2) is 5.39. The van der Waals surface area contributed by atoms with E-state index in [-0.39, 0.29) is 17.7 Å². The summed E-state index contributed by atoms with van der Waals surface area (Å²) in [5, 5.41) is 0. The van der Waals surface area contributed by atoms with Gasteiger partial charge in [-0.2, -0.15) is 0 Å². The fourth-order valence-corrected chi connectivity index (χ4v) is 2.80. The molecule has 2 N–H and O–H groups in total. The van der Waals surface area contributed by atoms with Gasteiger partial charge in [-0.15, -0.1) is 0 Å². The molecule has 5 nitrogen and oxygen atoms in total. The van der Waals surface area contributed by atoms with Crippen molar-refractivity contribution in [2.24, 2.45) is 0 Å². The lowest BCUT2D eigenvalue weighted by Gasteiger charge is -2.45. The highest BCUT2D eigenvalue weighted by Crippen LogP contribution is 2.27. The summed E-state index contributed by atoms with van der Waals surface area (Å²) >= 11 is 0. The van der Waals surface area contributed by atoms with E-state index in [9.17, 15) is 9.59 Å². The molecular formula is C16H23N3O2. The Morgan fingerprint density at radius 3 is 2.62 bits per heavy atom. The van der Waals surface area contributed by atoms with Gasteiger partial charge in [-0.3, -0.25) is 9.59 Å². The summed E-state index contributed by atoms with van der Waals surface area (Å²) in [4.78, 5) is 28.4. The van der Waals surface area contributed by atoms with E-state index in [1.165, 1.54) is 0 Å². The fraction of sp³-hybridized carbons (Fsp3) is 0.500. The second-order valence-corrected chi connectivity index (χ2v) is 6.17. The molecule has 2 rings (SSSR count). The van der Waals surface area contributed by atoms with Crippen LogP contribution in [0.25, 0.3) is 0 Å². The van der Waals surface area contributed by atoms with Gasteiger partial charge in [0, 0.05) is 25.8 Å². The molecule has 0 aromatic heterocycles. The predicted octanol–water partition coefficient (Wildman–Crippen LogP) is 1.45. The molecule has 1 aliphatic heterocycles. The maximum Gasteiger partial charge on any atom is 0.247 e. The Hall–Kier alpha value is -2.04. The number of amides is 2. The van der Waals surface area contributed by atoms with Gasteiger partial charge in [0.15, 0.2) is 0 Å². The summed E-state index contributed by atoms with van der Waals surface area (Å²) < 4.78 is 0. The first-order valence-corrected chi connectivity index (χ1v) is 7.17. The normalized spacial score (nSPS) is 19.5. The van der Waals surface area contributed by atoms with Gasteiger partial charge < -0.3 is 15.5 Å². The third-order valence-electron chi connectivity index (χ3n) is 4.25. The Balaban J connectivity index is 2.25. The first-order chi connectivity index (χ1) is 9.75. The van der Waals surface area contributed by atoms with Crippen molar-refractivity contribution in [3.8, 4) is 0 Å². The predicted molar refractivity (Wildman–Crippen MR) is 82.7 cm³/mol. The lowest BCUT2D eigenvalue weighted by atomic mass is 9.92. The second-order valence-electron chi connectivity index (χ2n) is 6.17. The number of hydrogen-bond donors (Lipinski definition) is 1. The molecule has 5 heteroatoms. The van der Waals surface area contributed by atoms with Crippen LogP contribution >= 0.6 is 0 Å². The van der Waals surface area contributed by atoms with Crippen molar-refractivity contribution in [3.05, 3.63) is 29.8 Å². The van der Waals surface area contributed by atoms with Crippen molar-refractivity contribution in [1.29, 1.82) is 0 Å². The molecule has 0 aliphatic carbocycles. The summed E-state index contributed by atoms with van der Waals surface area (Å²) in [5.74, 6) is -0.377. The maximum atomic E-state index is 12.8. The minimum atomic E-state index is -0.807. The number of nitrogens with zero attached hydrogens (tertiary/aromatic N) is 2. The van der Waals surface area contributed by atoms with Crippen LogP contribution in [0.15, 0.2) is 24.3 Å². The van der Waals surface area contributed by atoms with E-state index in [2.05, 4.69) is 0 Å². The molecule has 1 atom stereocenters. The standard InChI is InChI=1S/C16H23N3O2/c1-11(12-6-5-7-13(17)10-12)14(20)19-9-8-18(4)15(21)16(19,2)3/h5-7,10-11H,8-9,17H2,1-4H3. The van der Waals surface area contributed by atoms with Gasteiger partial charge in [0.1, 0.15) is 5.54 Å². The summed E-state index contributed by atoms with van der Waals surface area (Å²) in [7, 11) is 1.77. The van der Waals surface area contributed by atoms with Crippen LogP contribution in [0.1, 0.15) is 32.3 Å². The molecule has 0 spiro atoms. The molecule has 114 valence electrons. The minimum Gasteiger partial charge on any atom is -0.399 e. The zero-order chi connectivity index (χ0) is 15.8. The van der Waals surface area contributed by atoms with Crippen molar-refractivity contribution < 1.29 is 9.59 Å². The first-order valence-electron chi connectivity index (χ1n) is 7.17. The zero-order valence-corrected chi connectivity index (χ0v) is 13.1. The van der Waals surface area contributed by atoms with Gasteiger partial charge in [-0.05, 0) is 38.5 Å². The molecule has 1 heterocycles. The average Bonchev–Trinajstić information content (AvgIpc) is 2.43. The van der Waals surface area contributed by atoms with Crippen LogP contribution in [0.2, 0.25) is 0 Å². The van der Waals surface area contributed by atoms with Crippen molar-refractivity contribution >= 4 is 17.5 Å². The van der Waals surface area contributed by atoms with Crippen molar-refractivity contribution in [2.45, 2.75) is 32.2 Å². The van der Waals surface area contributed by atoms with Crippen LogP contribution in [-0.2, 0) is 9.59 Å². The van der Waals surface area contributed by atoms with Gasteiger partial charge in [0.2, 0.25) is 11.8 Å². The number of nitrogens with two attached hydrogens (primary N) is 1. The third kappa shape index (κ3) is 2.73. The topological polar surface area (TPSA) is 66.6 Å². The smallest absolute Gasteiger partial charge is 0.247 e. The third-order valence-corrected chi connectivity index (χ3v) is 4.25. The molecule has 0 bridgehead atoms. The van der Waals surface area contributed by atoms with Gasteiger partial charge in [0.05, 0.1) is 5.92 Å². The lowest BCUT2D eigenvalue weighted by molar-refractivity contribution is -0.157. The van der Waals surface area contributed by atoms with E-state index in [1.54, 1.807) is 36.8 Å². The molecular weight excluding hydrogens is 266 g/mol. The van der Waals surface area contributed by atoms with Crippen LogP contribution in [0, 0.1) is 0 Å². The average molecular weight is 289 g/mol. The number of anilines is 1. The quantitative estimate of drug-likeness (QED) is 0.838. The molecule has 0 radical (unpaired) electrons.